The smallest absolute Gasteiger partial charge is 0.122 e. The van der Waals surface area contributed by atoms with Crippen molar-refractivity contribution in [3.63, 3.8) is 0 Å². The molecule has 0 bridgehead atoms. The van der Waals surface area contributed by atoms with E-state index in [2.05, 4.69) is 20.8 Å². The van der Waals surface area contributed by atoms with Crippen molar-refractivity contribution < 1.29 is 14.6 Å². The molecule has 1 aliphatic rings. The highest BCUT2D eigenvalue weighted by Gasteiger charge is 2.15. The molecule has 5 heteroatoms. The lowest BCUT2D eigenvalue weighted by Gasteiger charge is -2.28. The molecule has 1 N–H and O–H groups in total. The van der Waals surface area contributed by atoms with Gasteiger partial charge in [0.2, 0.25) is 0 Å². The minimum atomic E-state index is -0.471. The normalized spacial score (nSPS) is 18.3. The second-order valence-electron chi connectivity index (χ2n) is 4.79. The largest absolute Gasteiger partial charge is 0.491 e. The van der Waals surface area contributed by atoms with Crippen LogP contribution in [0.4, 0.5) is 0 Å². The van der Waals surface area contributed by atoms with Crippen molar-refractivity contribution >= 4 is 15.9 Å². The quantitative estimate of drug-likeness (QED) is 0.894. The van der Waals surface area contributed by atoms with E-state index in [9.17, 15) is 5.11 Å². The fourth-order valence-electron chi connectivity index (χ4n) is 2.10. The number of ether oxygens (including phenoxy) is 2. The highest BCUT2D eigenvalue weighted by molar-refractivity contribution is 9.10. The fourth-order valence-corrected chi connectivity index (χ4v) is 2.57. The van der Waals surface area contributed by atoms with Gasteiger partial charge in [-0.05, 0) is 30.7 Å². The Kier molecular flexibility index (Phi) is 5.63. The predicted octanol–water partition coefficient (Wildman–Crippen LogP) is 1.83. The summed E-state index contributed by atoms with van der Waals surface area (Å²) in [5.41, 5.74) is 1.06. The van der Waals surface area contributed by atoms with Crippen molar-refractivity contribution in [2.75, 3.05) is 39.5 Å². The van der Waals surface area contributed by atoms with Crippen LogP contribution >= 0.6 is 15.9 Å². The third-order valence-corrected chi connectivity index (χ3v) is 3.63. The van der Waals surface area contributed by atoms with Gasteiger partial charge in [0.1, 0.15) is 18.5 Å². The van der Waals surface area contributed by atoms with E-state index in [-0.39, 0.29) is 0 Å². The lowest BCUT2D eigenvalue weighted by molar-refractivity contribution is 0.00460. The highest BCUT2D eigenvalue weighted by atomic mass is 79.9. The number of benzene rings is 1. The first kappa shape index (κ1) is 14.8. The van der Waals surface area contributed by atoms with Crippen LogP contribution in [0.15, 0.2) is 22.7 Å². The van der Waals surface area contributed by atoms with E-state index in [1.807, 2.05) is 25.1 Å². The van der Waals surface area contributed by atoms with E-state index < -0.39 is 6.10 Å². The summed E-state index contributed by atoms with van der Waals surface area (Å²) >= 11 is 3.42. The number of aliphatic hydroxyl groups is 1. The summed E-state index contributed by atoms with van der Waals surface area (Å²) in [4.78, 5) is 2.20. The van der Waals surface area contributed by atoms with Gasteiger partial charge in [-0.3, -0.25) is 4.90 Å². The second kappa shape index (κ2) is 7.24. The standard InChI is InChI=1S/C14H20BrNO3/c1-11-8-12(15)2-3-14(11)19-10-13(17)9-16-4-6-18-7-5-16/h2-3,8,13,17H,4-7,9-10H2,1H3. The Morgan fingerprint density at radius 1 is 1.42 bits per heavy atom. The van der Waals surface area contributed by atoms with Gasteiger partial charge in [0.05, 0.1) is 13.2 Å². The summed E-state index contributed by atoms with van der Waals surface area (Å²) in [6, 6.07) is 5.86. The molecule has 1 aliphatic heterocycles. The maximum atomic E-state index is 9.99. The van der Waals surface area contributed by atoms with Crippen LogP contribution in [-0.4, -0.2) is 55.6 Å². The number of β-amino-alcohol motifs (C(OH)–C–C–N with tert-alkyl or cyclic N) is 1. The number of morpholine rings is 1. The zero-order valence-electron chi connectivity index (χ0n) is 11.1. The van der Waals surface area contributed by atoms with Crippen molar-refractivity contribution in [3.8, 4) is 5.75 Å². The third-order valence-electron chi connectivity index (χ3n) is 3.14. The molecule has 0 aromatic heterocycles. The van der Waals surface area contributed by atoms with Crippen molar-refractivity contribution in [2.45, 2.75) is 13.0 Å². The Labute approximate surface area is 122 Å². The minimum absolute atomic E-state index is 0.319. The van der Waals surface area contributed by atoms with Crippen LogP contribution in [0, 0.1) is 6.92 Å². The topological polar surface area (TPSA) is 41.9 Å². The van der Waals surface area contributed by atoms with Gasteiger partial charge in [0, 0.05) is 24.1 Å². The molecular formula is C14H20BrNO3. The molecule has 19 heavy (non-hydrogen) atoms. The molecule has 1 fully saturated rings. The lowest BCUT2D eigenvalue weighted by Crippen LogP contribution is -2.42. The molecule has 0 saturated carbocycles. The first-order valence-corrected chi connectivity index (χ1v) is 7.31. The average Bonchev–Trinajstić information content (AvgIpc) is 2.39. The minimum Gasteiger partial charge on any atom is -0.491 e. The zero-order chi connectivity index (χ0) is 13.7. The molecule has 2 rings (SSSR count). The zero-order valence-corrected chi connectivity index (χ0v) is 12.7. The second-order valence-corrected chi connectivity index (χ2v) is 5.70. The highest BCUT2D eigenvalue weighted by Crippen LogP contribution is 2.22. The SMILES string of the molecule is Cc1cc(Br)ccc1OCC(O)CN1CCOCC1. The number of aliphatic hydroxyl groups excluding tert-OH is 1. The molecule has 0 aliphatic carbocycles. The summed E-state index contributed by atoms with van der Waals surface area (Å²) in [6.07, 6.45) is -0.471. The van der Waals surface area contributed by atoms with Crippen molar-refractivity contribution in [3.05, 3.63) is 28.2 Å². The molecule has 0 amide bonds. The first-order chi connectivity index (χ1) is 9.15. The van der Waals surface area contributed by atoms with E-state index in [0.29, 0.717) is 13.2 Å². The van der Waals surface area contributed by atoms with Gasteiger partial charge in [-0.2, -0.15) is 0 Å². The third kappa shape index (κ3) is 4.76. The van der Waals surface area contributed by atoms with Crippen LogP contribution in [0.3, 0.4) is 0 Å². The monoisotopic (exact) mass is 329 g/mol. The Bertz CT molecular complexity index is 408. The van der Waals surface area contributed by atoms with Gasteiger partial charge >= 0.3 is 0 Å². The molecule has 1 aromatic rings. The maximum Gasteiger partial charge on any atom is 0.122 e. The summed E-state index contributed by atoms with van der Waals surface area (Å²) in [6.45, 7) is 6.22. The fraction of sp³-hybridized carbons (Fsp3) is 0.571. The van der Waals surface area contributed by atoms with Crippen LogP contribution in [0.2, 0.25) is 0 Å². The Morgan fingerprint density at radius 3 is 2.84 bits per heavy atom. The molecule has 106 valence electrons. The number of hydrogen-bond donors (Lipinski definition) is 1. The lowest BCUT2D eigenvalue weighted by atomic mass is 10.2. The van der Waals surface area contributed by atoms with Gasteiger partial charge in [0.15, 0.2) is 0 Å². The molecule has 1 heterocycles. The summed E-state index contributed by atoms with van der Waals surface area (Å²) in [5.74, 6) is 0.823. The van der Waals surface area contributed by atoms with Crippen LogP contribution in [-0.2, 0) is 4.74 Å². The number of aryl methyl sites for hydroxylation is 1. The van der Waals surface area contributed by atoms with E-state index in [4.69, 9.17) is 9.47 Å². The van der Waals surface area contributed by atoms with Crippen LogP contribution in [0.25, 0.3) is 0 Å². The van der Waals surface area contributed by atoms with Crippen LogP contribution < -0.4 is 4.74 Å². The van der Waals surface area contributed by atoms with Gasteiger partial charge in [-0.15, -0.1) is 0 Å². The molecular weight excluding hydrogens is 310 g/mol. The van der Waals surface area contributed by atoms with Crippen molar-refractivity contribution in [1.82, 2.24) is 4.90 Å². The number of halogens is 1. The van der Waals surface area contributed by atoms with Crippen LogP contribution in [0.5, 0.6) is 5.75 Å². The van der Waals surface area contributed by atoms with E-state index in [1.54, 1.807) is 0 Å². The maximum absolute atomic E-state index is 9.99. The Balaban J connectivity index is 1.77. The van der Waals surface area contributed by atoms with E-state index in [1.165, 1.54) is 0 Å². The number of rotatable bonds is 5. The summed E-state index contributed by atoms with van der Waals surface area (Å²) in [5, 5.41) is 9.99. The van der Waals surface area contributed by atoms with Gasteiger partial charge in [0.25, 0.3) is 0 Å². The molecule has 1 atom stereocenters. The van der Waals surface area contributed by atoms with E-state index >= 15 is 0 Å². The van der Waals surface area contributed by atoms with Crippen molar-refractivity contribution in [1.29, 1.82) is 0 Å². The molecule has 1 saturated heterocycles. The average molecular weight is 330 g/mol. The number of hydrogen-bond acceptors (Lipinski definition) is 4. The summed E-state index contributed by atoms with van der Waals surface area (Å²) in [7, 11) is 0. The van der Waals surface area contributed by atoms with Gasteiger partial charge in [-0.25, -0.2) is 0 Å². The predicted molar refractivity (Wildman–Crippen MR) is 77.6 cm³/mol. The van der Waals surface area contributed by atoms with Crippen LogP contribution in [0.1, 0.15) is 5.56 Å². The van der Waals surface area contributed by atoms with Gasteiger partial charge < -0.3 is 14.6 Å². The van der Waals surface area contributed by atoms with Gasteiger partial charge in [-0.1, -0.05) is 15.9 Å². The number of nitrogens with zero attached hydrogens (tertiary/aromatic N) is 1. The molecule has 4 nitrogen and oxygen atoms in total. The summed E-state index contributed by atoms with van der Waals surface area (Å²) < 4.78 is 12.0. The first-order valence-electron chi connectivity index (χ1n) is 6.52. The molecule has 0 spiro atoms. The van der Waals surface area contributed by atoms with Crippen molar-refractivity contribution in [2.24, 2.45) is 0 Å². The van der Waals surface area contributed by atoms with E-state index in [0.717, 1.165) is 42.1 Å². The molecule has 1 aromatic carbocycles. The molecule has 1 unspecified atom stereocenters. The Hall–Kier alpha value is -0.620. The molecule has 0 radical (unpaired) electrons. The Morgan fingerprint density at radius 2 is 2.16 bits per heavy atom.